The van der Waals surface area contributed by atoms with E-state index in [1.165, 1.54) is 0 Å². The number of carbonyl (C=O) groups excluding carboxylic acids is 1. The summed E-state index contributed by atoms with van der Waals surface area (Å²) in [5, 5.41) is 3.42. The summed E-state index contributed by atoms with van der Waals surface area (Å²) in [4.78, 5) is 17.6. The molecule has 0 aromatic carbocycles. The van der Waals surface area contributed by atoms with Crippen molar-refractivity contribution in [3.05, 3.63) is 21.8 Å². The molecule has 16 heavy (non-hydrogen) atoms. The maximum Gasteiger partial charge on any atom is 0.221 e. The Morgan fingerprint density at radius 2 is 2.31 bits per heavy atom. The number of nitrogens with one attached hydrogen (secondary N) is 1. The molecule has 86 valence electrons. The third kappa shape index (κ3) is 2.65. The van der Waals surface area contributed by atoms with Crippen molar-refractivity contribution >= 4 is 39.3 Å². The molecule has 1 fully saturated rings. The lowest BCUT2D eigenvalue weighted by Gasteiger charge is -2.21. The van der Waals surface area contributed by atoms with E-state index in [4.69, 9.17) is 11.6 Å². The van der Waals surface area contributed by atoms with Gasteiger partial charge in [0.25, 0.3) is 0 Å². The van der Waals surface area contributed by atoms with Crippen molar-refractivity contribution < 1.29 is 4.79 Å². The minimum absolute atomic E-state index is 0.0904. The van der Waals surface area contributed by atoms with Gasteiger partial charge in [-0.3, -0.25) is 4.79 Å². The standard InChI is InChI=1S/C10H11BrClN3O/c11-8-5-7(12)6-14-10(8)15-3-1-9(16)13-2-4-15/h5-6H,1-4H2,(H,13,16). The van der Waals surface area contributed by atoms with E-state index in [0.29, 0.717) is 24.5 Å². The largest absolute Gasteiger partial charge is 0.354 e. The molecule has 2 rings (SSSR count). The molecule has 1 saturated heterocycles. The molecule has 0 saturated carbocycles. The van der Waals surface area contributed by atoms with Gasteiger partial charge in [0.2, 0.25) is 5.91 Å². The minimum atomic E-state index is 0.0904. The van der Waals surface area contributed by atoms with Crippen molar-refractivity contribution in [2.45, 2.75) is 6.42 Å². The van der Waals surface area contributed by atoms with E-state index in [2.05, 4.69) is 31.1 Å². The van der Waals surface area contributed by atoms with Gasteiger partial charge in [-0.1, -0.05) is 11.6 Å². The molecule has 1 amide bonds. The highest BCUT2D eigenvalue weighted by molar-refractivity contribution is 9.10. The van der Waals surface area contributed by atoms with Crippen molar-refractivity contribution in [2.24, 2.45) is 0 Å². The van der Waals surface area contributed by atoms with Crippen LogP contribution in [0.3, 0.4) is 0 Å². The predicted octanol–water partition coefficient (Wildman–Crippen LogP) is 1.82. The van der Waals surface area contributed by atoms with Gasteiger partial charge in [-0.05, 0) is 22.0 Å². The monoisotopic (exact) mass is 303 g/mol. The first kappa shape index (κ1) is 11.7. The van der Waals surface area contributed by atoms with Crippen LogP contribution in [0.1, 0.15) is 6.42 Å². The first-order chi connectivity index (χ1) is 7.66. The van der Waals surface area contributed by atoms with Crippen molar-refractivity contribution in [1.82, 2.24) is 10.3 Å². The molecule has 6 heteroatoms. The van der Waals surface area contributed by atoms with E-state index in [1.54, 1.807) is 6.20 Å². The van der Waals surface area contributed by atoms with Crippen molar-refractivity contribution in [2.75, 3.05) is 24.5 Å². The maximum atomic E-state index is 11.2. The van der Waals surface area contributed by atoms with Gasteiger partial charge in [0.05, 0.1) is 9.50 Å². The van der Waals surface area contributed by atoms with Crippen LogP contribution in [0, 0.1) is 0 Å². The van der Waals surface area contributed by atoms with Crippen LogP contribution in [0.5, 0.6) is 0 Å². The van der Waals surface area contributed by atoms with Crippen LogP contribution in [-0.4, -0.2) is 30.5 Å². The zero-order valence-corrected chi connectivity index (χ0v) is 10.9. The average molecular weight is 305 g/mol. The molecule has 1 aliphatic heterocycles. The topological polar surface area (TPSA) is 45.2 Å². The predicted molar refractivity (Wildman–Crippen MR) is 66.8 cm³/mol. The summed E-state index contributed by atoms with van der Waals surface area (Å²) >= 11 is 9.26. The Morgan fingerprint density at radius 3 is 3.06 bits per heavy atom. The number of pyridine rings is 1. The Hall–Kier alpha value is -0.810. The van der Waals surface area contributed by atoms with Crippen LogP contribution in [0.25, 0.3) is 0 Å². The molecule has 1 aliphatic rings. The van der Waals surface area contributed by atoms with Crippen molar-refractivity contribution in [3.8, 4) is 0 Å². The summed E-state index contributed by atoms with van der Waals surface area (Å²) in [6.07, 6.45) is 2.11. The molecule has 1 aromatic rings. The highest BCUT2D eigenvalue weighted by Crippen LogP contribution is 2.26. The van der Waals surface area contributed by atoms with Gasteiger partial charge in [0.15, 0.2) is 0 Å². The molecular weight excluding hydrogens is 293 g/mol. The molecule has 0 bridgehead atoms. The second-order valence-electron chi connectivity index (χ2n) is 3.55. The Bertz CT molecular complexity index is 413. The Balaban J connectivity index is 2.19. The fraction of sp³-hybridized carbons (Fsp3) is 0.400. The van der Waals surface area contributed by atoms with E-state index < -0.39 is 0 Å². The summed E-state index contributed by atoms with van der Waals surface area (Å²) in [6, 6.07) is 1.81. The summed E-state index contributed by atoms with van der Waals surface area (Å²) in [5.41, 5.74) is 0. The lowest BCUT2D eigenvalue weighted by Crippen LogP contribution is -2.29. The average Bonchev–Trinajstić information content (AvgIpc) is 2.43. The Labute approximate surface area is 107 Å². The molecule has 1 N–H and O–H groups in total. The van der Waals surface area contributed by atoms with E-state index >= 15 is 0 Å². The number of carbonyl (C=O) groups is 1. The van der Waals surface area contributed by atoms with Gasteiger partial charge in [-0.2, -0.15) is 0 Å². The minimum Gasteiger partial charge on any atom is -0.354 e. The molecule has 1 aromatic heterocycles. The number of nitrogens with zero attached hydrogens (tertiary/aromatic N) is 2. The Morgan fingerprint density at radius 1 is 1.50 bits per heavy atom. The quantitative estimate of drug-likeness (QED) is 0.861. The normalized spacial score (nSPS) is 16.9. The number of hydrogen-bond donors (Lipinski definition) is 1. The lowest BCUT2D eigenvalue weighted by atomic mass is 10.3. The van der Waals surface area contributed by atoms with E-state index in [1.807, 2.05) is 6.07 Å². The van der Waals surface area contributed by atoms with Crippen molar-refractivity contribution in [3.63, 3.8) is 0 Å². The fourth-order valence-corrected chi connectivity index (χ4v) is 2.51. The molecule has 0 radical (unpaired) electrons. The summed E-state index contributed by atoms with van der Waals surface area (Å²) < 4.78 is 0.856. The second kappa shape index (κ2) is 5.01. The number of aromatic nitrogens is 1. The van der Waals surface area contributed by atoms with Crippen LogP contribution >= 0.6 is 27.5 Å². The van der Waals surface area contributed by atoms with Crippen molar-refractivity contribution in [1.29, 1.82) is 0 Å². The molecule has 0 spiro atoms. The first-order valence-corrected chi connectivity index (χ1v) is 6.16. The van der Waals surface area contributed by atoms with Gasteiger partial charge in [0, 0.05) is 32.3 Å². The second-order valence-corrected chi connectivity index (χ2v) is 4.84. The third-order valence-corrected chi connectivity index (χ3v) is 3.19. The van der Waals surface area contributed by atoms with Crippen LogP contribution < -0.4 is 10.2 Å². The molecule has 0 unspecified atom stereocenters. The van der Waals surface area contributed by atoms with Crippen LogP contribution in [0.15, 0.2) is 16.7 Å². The van der Waals surface area contributed by atoms with Gasteiger partial charge >= 0.3 is 0 Å². The zero-order chi connectivity index (χ0) is 11.5. The van der Waals surface area contributed by atoms with Gasteiger partial charge in [0.1, 0.15) is 5.82 Å². The van der Waals surface area contributed by atoms with Crippen LogP contribution in [-0.2, 0) is 4.79 Å². The van der Waals surface area contributed by atoms with Crippen LogP contribution in [0.4, 0.5) is 5.82 Å². The number of amides is 1. The number of anilines is 1. The van der Waals surface area contributed by atoms with Gasteiger partial charge in [-0.15, -0.1) is 0 Å². The molecule has 0 aliphatic carbocycles. The number of rotatable bonds is 1. The maximum absolute atomic E-state index is 11.2. The van der Waals surface area contributed by atoms with E-state index in [-0.39, 0.29) is 5.91 Å². The summed E-state index contributed by atoms with van der Waals surface area (Å²) in [6.45, 7) is 2.09. The number of hydrogen-bond acceptors (Lipinski definition) is 3. The summed E-state index contributed by atoms with van der Waals surface area (Å²) in [7, 11) is 0. The first-order valence-electron chi connectivity index (χ1n) is 4.99. The molecule has 0 atom stereocenters. The van der Waals surface area contributed by atoms with Gasteiger partial charge < -0.3 is 10.2 Å². The lowest BCUT2D eigenvalue weighted by molar-refractivity contribution is -0.120. The molecule has 4 nitrogen and oxygen atoms in total. The molecular formula is C10H11BrClN3O. The van der Waals surface area contributed by atoms with E-state index in [0.717, 1.165) is 16.8 Å². The third-order valence-electron chi connectivity index (χ3n) is 2.40. The Kier molecular flexibility index (Phi) is 3.66. The zero-order valence-electron chi connectivity index (χ0n) is 8.54. The number of halogens is 2. The fourth-order valence-electron chi connectivity index (χ4n) is 1.62. The van der Waals surface area contributed by atoms with Crippen LogP contribution in [0.2, 0.25) is 5.02 Å². The highest BCUT2D eigenvalue weighted by Gasteiger charge is 2.16. The SMILES string of the molecule is O=C1CCN(c2ncc(Cl)cc2Br)CCN1. The molecule has 2 heterocycles. The smallest absolute Gasteiger partial charge is 0.221 e. The highest BCUT2D eigenvalue weighted by atomic mass is 79.9. The summed E-state index contributed by atoms with van der Waals surface area (Å²) in [5.74, 6) is 0.925. The van der Waals surface area contributed by atoms with Gasteiger partial charge in [-0.25, -0.2) is 4.98 Å². The van der Waals surface area contributed by atoms with E-state index in [9.17, 15) is 4.79 Å².